The number of pyridine rings is 2. The van der Waals surface area contributed by atoms with E-state index >= 15 is 0 Å². The van der Waals surface area contributed by atoms with Gasteiger partial charge in [-0.15, -0.1) is 0 Å². The molecule has 0 amide bonds. The number of aromatic nitrogens is 2. The van der Waals surface area contributed by atoms with Crippen LogP contribution in [-0.2, 0) is 4.74 Å². The van der Waals surface area contributed by atoms with Crippen molar-refractivity contribution in [2.45, 2.75) is 19.9 Å². The second kappa shape index (κ2) is 6.39. The molecule has 1 N–H and O–H groups in total. The average molecular weight is 338 g/mol. The number of ether oxygens (including phenoxy) is 1. The Hall–Kier alpha value is -3.15. The zero-order valence-electron chi connectivity index (χ0n) is 14.2. The van der Waals surface area contributed by atoms with Crippen molar-refractivity contribution >= 4 is 16.9 Å². The fraction of sp³-hybridized carbons (Fsp3) is 0.211. The van der Waals surface area contributed by atoms with Crippen LogP contribution in [0, 0.1) is 6.92 Å². The van der Waals surface area contributed by atoms with Crippen LogP contribution in [0.4, 0.5) is 0 Å². The lowest BCUT2D eigenvalue weighted by Gasteiger charge is -2.16. The highest BCUT2D eigenvalue weighted by atomic mass is 16.5. The Morgan fingerprint density at radius 1 is 1.24 bits per heavy atom. The first-order valence-corrected chi connectivity index (χ1v) is 7.82. The Balaban J connectivity index is 2.16. The minimum atomic E-state index is -0.520. The number of esters is 1. The molecule has 0 aliphatic heterocycles. The molecule has 2 heterocycles. The van der Waals surface area contributed by atoms with Crippen molar-refractivity contribution in [1.29, 1.82) is 0 Å². The van der Waals surface area contributed by atoms with Gasteiger partial charge in [0.05, 0.1) is 35.3 Å². The lowest BCUT2D eigenvalue weighted by molar-refractivity contribution is 0.0599. The number of hydrogen-bond donors (Lipinski definition) is 1. The van der Waals surface area contributed by atoms with Gasteiger partial charge in [0.15, 0.2) is 0 Å². The fourth-order valence-corrected chi connectivity index (χ4v) is 2.81. The third kappa shape index (κ3) is 2.98. The molecular weight excluding hydrogens is 320 g/mol. The summed E-state index contributed by atoms with van der Waals surface area (Å²) in [5, 5.41) is 9.78. The van der Waals surface area contributed by atoms with Gasteiger partial charge < -0.3 is 14.4 Å². The highest BCUT2D eigenvalue weighted by molar-refractivity contribution is 5.94. The van der Waals surface area contributed by atoms with Crippen LogP contribution in [0.15, 0.2) is 47.4 Å². The number of phenols is 1. The van der Waals surface area contributed by atoms with Gasteiger partial charge in [0.25, 0.3) is 5.56 Å². The van der Waals surface area contributed by atoms with Gasteiger partial charge in [0.2, 0.25) is 0 Å². The Morgan fingerprint density at radius 2 is 1.92 bits per heavy atom. The molecule has 128 valence electrons. The van der Waals surface area contributed by atoms with Crippen molar-refractivity contribution in [3.63, 3.8) is 0 Å². The second-order valence-corrected chi connectivity index (χ2v) is 5.84. The van der Waals surface area contributed by atoms with E-state index in [9.17, 15) is 14.7 Å². The molecule has 6 nitrogen and oxygen atoms in total. The van der Waals surface area contributed by atoms with Gasteiger partial charge in [-0.1, -0.05) is 12.1 Å². The van der Waals surface area contributed by atoms with Crippen LogP contribution < -0.4 is 5.56 Å². The standard InChI is InChI=1S/C19H18N2O4/c1-11-15(19(24)25-3)10-16-17(20-11)8-9-21(18(16)23)12(2)13-4-6-14(22)7-5-13/h4-10,12,22H,1-3H3. The largest absolute Gasteiger partial charge is 0.508 e. The molecule has 25 heavy (non-hydrogen) atoms. The molecule has 1 atom stereocenters. The molecule has 1 aromatic carbocycles. The summed E-state index contributed by atoms with van der Waals surface area (Å²) in [5.74, 6) is -0.350. The number of methoxy groups -OCH3 is 1. The van der Waals surface area contributed by atoms with E-state index in [4.69, 9.17) is 4.74 Å². The molecular formula is C19H18N2O4. The smallest absolute Gasteiger partial charge is 0.339 e. The first-order valence-electron chi connectivity index (χ1n) is 7.82. The average Bonchev–Trinajstić information content (AvgIpc) is 2.61. The predicted octanol–water partition coefficient (Wildman–Crippen LogP) is 2.81. The number of rotatable bonds is 3. The van der Waals surface area contributed by atoms with Gasteiger partial charge in [-0.05, 0) is 43.7 Å². The van der Waals surface area contributed by atoms with Crippen LogP contribution in [0.2, 0.25) is 0 Å². The van der Waals surface area contributed by atoms with E-state index in [1.165, 1.54) is 13.2 Å². The Bertz CT molecular complexity index is 1010. The number of carbonyl (C=O) groups is 1. The summed E-state index contributed by atoms with van der Waals surface area (Å²) < 4.78 is 6.33. The van der Waals surface area contributed by atoms with Crippen molar-refractivity contribution in [2.75, 3.05) is 7.11 Å². The quantitative estimate of drug-likeness (QED) is 0.743. The zero-order chi connectivity index (χ0) is 18.1. The van der Waals surface area contributed by atoms with E-state index < -0.39 is 5.97 Å². The van der Waals surface area contributed by atoms with Crippen LogP contribution in [0.1, 0.15) is 34.6 Å². The molecule has 0 bridgehead atoms. The van der Waals surface area contributed by atoms with E-state index in [0.29, 0.717) is 16.6 Å². The number of nitrogens with zero attached hydrogens (tertiary/aromatic N) is 2. The number of hydrogen-bond acceptors (Lipinski definition) is 5. The molecule has 3 aromatic rings. The van der Waals surface area contributed by atoms with Gasteiger partial charge in [0, 0.05) is 6.20 Å². The van der Waals surface area contributed by atoms with E-state index in [-0.39, 0.29) is 22.9 Å². The summed E-state index contributed by atoms with van der Waals surface area (Å²) in [4.78, 5) is 29.1. The van der Waals surface area contributed by atoms with Gasteiger partial charge >= 0.3 is 5.97 Å². The third-order valence-corrected chi connectivity index (χ3v) is 4.30. The summed E-state index contributed by atoms with van der Waals surface area (Å²) in [5.41, 5.74) is 1.97. The molecule has 1 unspecified atom stereocenters. The Morgan fingerprint density at radius 3 is 2.56 bits per heavy atom. The van der Waals surface area contributed by atoms with E-state index in [1.807, 2.05) is 6.92 Å². The van der Waals surface area contributed by atoms with Gasteiger partial charge in [-0.3, -0.25) is 9.78 Å². The third-order valence-electron chi connectivity index (χ3n) is 4.30. The van der Waals surface area contributed by atoms with Crippen LogP contribution in [-0.4, -0.2) is 27.7 Å². The van der Waals surface area contributed by atoms with Gasteiger partial charge in [0.1, 0.15) is 5.75 Å². The maximum absolute atomic E-state index is 12.9. The van der Waals surface area contributed by atoms with Gasteiger partial charge in [-0.2, -0.15) is 0 Å². The minimum Gasteiger partial charge on any atom is -0.508 e. The molecule has 0 saturated carbocycles. The van der Waals surface area contributed by atoms with Crippen LogP contribution >= 0.6 is 0 Å². The molecule has 0 spiro atoms. The Kier molecular flexibility index (Phi) is 4.27. The number of benzene rings is 1. The molecule has 0 aliphatic carbocycles. The summed E-state index contributed by atoms with van der Waals surface area (Å²) in [6.07, 6.45) is 1.69. The van der Waals surface area contributed by atoms with Gasteiger partial charge in [-0.25, -0.2) is 4.79 Å². The monoisotopic (exact) mass is 338 g/mol. The molecule has 0 radical (unpaired) electrons. The summed E-state index contributed by atoms with van der Waals surface area (Å²) >= 11 is 0. The molecule has 2 aromatic heterocycles. The molecule has 6 heteroatoms. The normalized spacial score (nSPS) is 12.1. The van der Waals surface area contributed by atoms with Crippen molar-refractivity contribution in [2.24, 2.45) is 0 Å². The maximum Gasteiger partial charge on any atom is 0.339 e. The topological polar surface area (TPSA) is 81.4 Å². The zero-order valence-corrected chi connectivity index (χ0v) is 14.2. The number of phenolic OH excluding ortho intramolecular Hbond substituents is 1. The summed E-state index contributed by atoms with van der Waals surface area (Å²) in [7, 11) is 1.29. The van der Waals surface area contributed by atoms with Crippen LogP contribution in [0.3, 0.4) is 0 Å². The lowest BCUT2D eigenvalue weighted by atomic mass is 10.1. The fourth-order valence-electron chi connectivity index (χ4n) is 2.81. The van der Waals surface area contributed by atoms with Crippen molar-refractivity contribution in [3.05, 3.63) is 69.8 Å². The van der Waals surface area contributed by atoms with Crippen molar-refractivity contribution < 1.29 is 14.6 Å². The van der Waals surface area contributed by atoms with Crippen molar-refractivity contribution in [3.8, 4) is 5.75 Å². The molecule has 0 aliphatic rings. The molecule has 3 rings (SSSR count). The van der Waals surface area contributed by atoms with Crippen LogP contribution in [0.25, 0.3) is 10.9 Å². The van der Waals surface area contributed by atoms with E-state index in [1.54, 1.807) is 48.0 Å². The number of aromatic hydroxyl groups is 1. The highest BCUT2D eigenvalue weighted by Crippen LogP contribution is 2.21. The Labute approximate surface area is 144 Å². The number of aryl methyl sites for hydroxylation is 1. The van der Waals surface area contributed by atoms with Crippen LogP contribution in [0.5, 0.6) is 5.75 Å². The molecule has 0 saturated heterocycles. The van der Waals surface area contributed by atoms with E-state index in [0.717, 1.165) is 5.56 Å². The first-order chi connectivity index (χ1) is 11.9. The number of fused-ring (bicyclic) bond motifs is 1. The molecule has 0 fully saturated rings. The first kappa shape index (κ1) is 16.7. The number of carbonyl (C=O) groups excluding carboxylic acids is 1. The lowest BCUT2D eigenvalue weighted by Crippen LogP contribution is -2.24. The highest BCUT2D eigenvalue weighted by Gasteiger charge is 2.16. The van der Waals surface area contributed by atoms with Crippen molar-refractivity contribution in [1.82, 2.24) is 9.55 Å². The summed E-state index contributed by atoms with van der Waals surface area (Å²) in [6.45, 7) is 3.60. The van der Waals surface area contributed by atoms with E-state index in [2.05, 4.69) is 4.98 Å². The second-order valence-electron chi connectivity index (χ2n) is 5.84. The summed E-state index contributed by atoms with van der Waals surface area (Å²) in [6, 6.07) is 9.75. The minimum absolute atomic E-state index is 0.171. The maximum atomic E-state index is 12.9. The SMILES string of the molecule is COC(=O)c1cc2c(=O)n(C(C)c3ccc(O)cc3)ccc2nc1C. The predicted molar refractivity (Wildman–Crippen MR) is 94.0 cm³/mol.